The van der Waals surface area contributed by atoms with Crippen molar-refractivity contribution in [2.24, 2.45) is 5.73 Å². The molecule has 1 rings (SSSR count). The summed E-state index contributed by atoms with van der Waals surface area (Å²) in [6.45, 7) is 3.89. The number of urea groups is 1. The Balaban J connectivity index is 2.60. The highest BCUT2D eigenvalue weighted by atomic mass is 16.4. The van der Waals surface area contributed by atoms with Crippen molar-refractivity contribution in [3.05, 3.63) is 12.7 Å². The van der Waals surface area contributed by atoms with Crippen molar-refractivity contribution in [2.75, 3.05) is 6.54 Å². The van der Waals surface area contributed by atoms with Gasteiger partial charge in [-0.1, -0.05) is 6.08 Å². The molecule has 0 heterocycles. The van der Waals surface area contributed by atoms with E-state index in [1.807, 2.05) is 0 Å². The van der Waals surface area contributed by atoms with E-state index in [0.717, 1.165) is 12.8 Å². The van der Waals surface area contributed by atoms with E-state index in [4.69, 9.17) is 10.8 Å². The number of carboxylic acids is 1. The first-order chi connectivity index (χ1) is 8.45. The molecule has 18 heavy (non-hydrogen) atoms. The molecule has 4 N–H and O–H groups in total. The standard InChI is InChI=1S/C11H17N3O4/c1-2-5-14(7-3-4-7)11(18)13-8(10(16)17)6-9(12)15/h2,7-8H,1,3-6H2,(H2,12,15)(H,13,18)(H,16,17)/t8-/m1/s1. The fraction of sp³-hybridized carbons (Fsp3) is 0.545. The van der Waals surface area contributed by atoms with Gasteiger partial charge in [0.1, 0.15) is 6.04 Å². The van der Waals surface area contributed by atoms with Crippen molar-refractivity contribution in [1.82, 2.24) is 10.2 Å². The van der Waals surface area contributed by atoms with E-state index < -0.39 is 30.4 Å². The van der Waals surface area contributed by atoms with Gasteiger partial charge in [0.2, 0.25) is 5.91 Å². The van der Waals surface area contributed by atoms with Crippen LogP contribution in [-0.2, 0) is 9.59 Å². The van der Waals surface area contributed by atoms with Crippen molar-refractivity contribution in [2.45, 2.75) is 31.3 Å². The van der Waals surface area contributed by atoms with Crippen LogP contribution in [0, 0.1) is 0 Å². The summed E-state index contributed by atoms with van der Waals surface area (Å²) in [5.41, 5.74) is 4.93. The highest BCUT2D eigenvalue weighted by Gasteiger charge is 2.33. The number of aliphatic carboxylic acids is 1. The molecule has 0 unspecified atom stereocenters. The lowest BCUT2D eigenvalue weighted by Gasteiger charge is -2.23. The summed E-state index contributed by atoms with van der Waals surface area (Å²) >= 11 is 0. The highest BCUT2D eigenvalue weighted by Crippen LogP contribution is 2.26. The van der Waals surface area contributed by atoms with E-state index in [1.54, 1.807) is 6.08 Å². The molecule has 1 aliphatic rings. The minimum Gasteiger partial charge on any atom is -0.480 e. The molecule has 7 heteroatoms. The van der Waals surface area contributed by atoms with E-state index in [-0.39, 0.29) is 6.04 Å². The molecule has 0 aliphatic heterocycles. The Morgan fingerprint density at radius 2 is 2.11 bits per heavy atom. The van der Waals surface area contributed by atoms with Crippen LogP contribution in [-0.4, -0.2) is 46.5 Å². The van der Waals surface area contributed by atoms with Crippen molar-refractivity contribution in [3.63, 3.8) is 0 Å². The third-order valence-electron chi connectivity index (χ3n) is 2.58. The van der Waals surface area contributed by atoms with Crippen molar-refractivity contribution in [3.8, 4) is 0 Å². The molecule has 100 valence electrons. The SMILES string of the molecule is C=CCN(C(=O)N[C@H](CC(N)=O)C(=O)O)C1CC1. The Morgan fingerprint density at radius 3 is 2.50 bits per heavy atom. The number of hydrogen-bond acceptors (Lipinski definition) is 3. The summed E-state index contributed by atoms with van der Waals surface area (Å²) in [5.74, 6) is -2.05. The zero-order valence-electron chi connectivity index (χ0n) is 9.96. The van der Waals surface area contributed by atoms with Crippen LogP contribution in [0.2, 0.25) is 0 Å². The van der Waals surface area contributed by atoms with Crippen molar-refractivity contribution < 1.29 is 19.5 Å². The molecular weight excluding hydrogens is 238 g/mol. The Kier molecular flexibility index (Phi) is 4.70. The average molecular weight is 255 g/mol. The van der Waals surface area contributed by atoms with Gasteiger partial charge in [0, 0.05) is 12.6 Å². The molecule has 0 aromatic rings. The maximum Gasteiger partial charge on any atom is 0.326 e. The van der Waals surface area contributed by atoms with Crippen LogP contribution in [0.5, 0.6) is 0 Å². The van der Waals surface area contributed by atoms with Crippen LogP contribution in [0.3, 0.4) is 0 Å². The predicted molar refractivity (Wildman–Crippen MR) is 63.7 cm³/mol. The van der Waals surface area contributed by atoms with Gasteiger partial charge in [-0.15, -0.1) is 6.58 Å². The number of carboxylic acid groups (broad SMARTS) is 1. The molecule has 0 aromatic heterocycles. The maximum absolute atomic E-state index is 11.9. The predicted octanol–water partition coefficient (Wildman–Crippen LogP) is -0.325. The van der Waals surface area contributed by atoms with Gasteiger partial charge in [-0.3, -0.25) is 4.79 Å². The van der Waals surface area contributed by atoms with Crippen LogP contribution < -0.4 is 11.1 Å². The van der Waals surface area contributed by atoms with Gasteiger partial charge in [0.25, 0.3) is 0 Å². The Morgan fingerprint density at radius 1 is 1.50 bits per heavy atom. The Labute approximate surface area is 105 Å². The molecular formula is C11H17N3O4. The molecule has 7 nitrogen and oxygen atoms in total. The summed E-state index contributed by atoms with van der Waals surface area (Å²) in [7, 11) is 0. The van der Waals surface area contributed by atoms with Crippen molar-refractivity contribution >= 4 is 17.9 Å². The van der Waals surface area contributed by atoms with Gasteiger partial charge in [-0.2, -0.15) is 0 Å². The van der Waals surface area contributed by atoms with Crippen LogP contribution in [0.4, 0.5) is 4.79 Å². The van der Waals surface area contributed by atoms with Crippen LogP contribution in [0.1, 0.15) is 19.3 Å². The summed E-state index contributed by atoms with van der Waals surface area (Å²) in [4.78, 5) is 35.0. The molecule has 0 saturated heterocycles. The molecule has 1 saturated carbocycles. The number of carbonyl (C=O) groups is 3. The van der Waals surface area contributed by atoms with Crippen LogP contribution in [0.25, 0.3) is 0 Å². The lowest BCUT2D eigenvalue weighted by atomic mass is 10.2. The van der Waals surface area contributed by atoms with Gasteiger partial charge in [-0.25, -0.2) is 9.59 Å². The van der Waals surface area contributed by atoms with E-state index in [2.05, 4.69) is 11.9 Å². The van der Waals surface area contributed by atoms with Gasteiger partial charge >= 0.3 is 12.0 Å². The maximum atomic E-state index is 11.9. The number of primary amides is 1. The van der Waals surface area contributed by atoms with E-state index in [9.17, 15) is 14.4 Å². The molecule has 0 bridgehead atoms. The second-order valence-electron chi connectivity index (χ2n) is 4.18. The zero-order valence-corrected chi connectivity index (χ0v) is 9.96. The molecule has 1 atom stereocenters. The third kappa shape index (κ3) is 4.08. The molecule has 0 spiro atoms. The van der Waals surface area contributed by atoms with Gasteiger partial charge < -0.3 is 21.1 Å². The normalized spacial score (nSPS) is 15.6. The topological polar surface area (TPSA) is 113 Å². The quantitative estimate of drug-likeness (QED) is 0.541. The average Bonchev–Trinajstić information content (AvgIpc) is 3.07. The Hall–Kier alpha value is -2.05. The first-order valence-electron chi connectivity index (χ1n) is 5.64. The fourth-order valence-corrected chi connectivity index (χ4v) is 1.56. The van der Waals surface area contributed by atoms with Crippen molar-refractivity contribution in [1.29, 1.82) is 0 Å². The largest absolute Gasteiger partial charge is 0.480 e. The molecule has 1 aliphatic carbocycles. The second-order valence-corrected chi connectivity index (χ2v) is 4.18. The smallest absolute Gasteiger partial charge is 0.326 e. The Bertz CT molecular complexity index is 365. The van der Waals surface area contributed by atoms with E-state index >= 15 is 0 Å². The van der Waals surface area contributed by atoms with E-state index in [0.29, 0.717) is 6.54 Å². The number of amides is 3. The third-order valence-corrected chi connectivity index (χ3v) is 2.58. The molecule has 0 radical (unpaired) electrons. The highest BCUT2D eigenvalue weighted by molar-refractivity contribution is 5.87. The van der Waals surface area contributed by atoms with Gasteiger partial charge in [0.05, 0.1) is 6.42 Å². The summed E-state index contributed by atoms with van der Waals surface area (Å²) in [6.07, 6.45) is 2.94. The number of hydrogen-bond donors (Lipinski definition) is 3. The van der Waals surface area contributed by atoms with Crippen LogP contribution >= 0.6 is 0 Å². The number of rotatable bonds is 7. The second kappa shape index (κ2) is 6.04. The number of nitrogens with zero attached hydrogens (tertiary/aromatic N) is 1. The lowest BCUT2D eigenvalue weighted by molar-refractivity contribution is -0.140. The number of carbonyl (C=O) groups excluding carboxylic acids is 2. The number of nitrogens with two attached hydrogens (primary N) is 1. The first kappa shape index (κ1) is 14.0. The minimum atomic E-state index is -1.29. The molecule has 1 fully saturated rings. The summed E-state index contributed by atoms with van der Waals surface area (Å²) < 4.78 is 0. The monoisotopic (exact) mass is 255 g/mol. The summed E-state index contributed by atoms with van der Waals surface area (Å²) in [5, 5.41) is 11.2. The molecule has 0 aromatic carbocycles. The lowest BCUT2D eigenvalue weighted by Crippen LogP contribution is -2.50. The zero-order chi connectivity index (χ0) is 13.7. The minimum absolute atomic E-state index is 0.131. The number of nitrogens with one attached hydrogen (secondary N) is 1. The summed E-state index contributed by atoms with van der Waals surface area (Å²) in [6, 6.07) is -1.67. The fourth-order valence-electron chi connectivity index (χ4n) is 1.56. The van der Waals surface area contributed by atoms with Crippen LogP contribution in [0.15, 0.2) is 12.7 Å². The van der Waals surface area contributed by atoms with E-state index in [1.165, 1.54) is 4.90 Å². The molecule has 3 amide bonds. The first-order valence-corrected chi connectivity index (χ1v) is 5.64. The van der Waals surface area contributed by atoms with Gasteiger partial charge in [0.15, 0.2) is 0 Å². The van der Waals surface area contributed by atoms with Gasteiger partial charge in [-0.05, 0) is 12.8 Å².